The summed E-state index contributed by atoms with van der Waals surface area (Å²) in [4.78, 5) is 22.5. The smallest absolute Gasteiger partial charge is 0.299 e. The number of nitro groups is 2. The van der Waals surface area contributed by atoms with Gasteiger partial charge in [-0.2, -0.15) is 0 Å². The van der Waals surface area contributed by atoms with Crippen LogP contribution in [0.2, 0.25) is 0 Å². The highest BCUT2D eigenvalue weighted by atomic mass is 16.6. The zero-order chi connectivity index (χ0) is 17.3. The van der Waals surface area contributed by atoms with Gasteiger partial charge in [0.1, 0.15) is 5.69 Å². The van der Waals surface area contributed by atoms with E-state index in [1.807, 2.05) is 30.3 Å². The Bertz CT molecular complexity index is 849. The lowest BCUT2D eigenvalue weighted by atomic mass is 10.0. The summed E-state index contributed by atoms with van der Waals surface area (Å²) >= 11 is 0. The molecule has 0 spiro atoms. The van der Waals surface area contributed by atoms with Gasteiger partial charge in [-0.1, -0.05) is 24.3 Å². The highest BCUT2D eigenvalue weighted by Crippen LogP contribution is 2.40. The van der Waals surface area contributed by atoms with Crippen molar-refractivity contribution in [1.29, 1.82) is 0 Å². The minimum Gasteiger partial charge on any atom is -0.357 e. The molecule has 0 saturated heterocycles. The molecule has 2 aromatic carbocycles. The number of hydrogen-bond acceptors (Lipinski definition) is 6. The molecule has 8 nitrogen and oxygen atoms in total. The van der Waals surface area contributed by atoms with Crippen LogP contribution in [0.4, 0.5) is 17.1 Å². The van der Waals surface area contributed by atoms with Crippen LogP contribution in [-0.2, 0) is 4.74 Å². The van der Waals surface area contributed by atoms with E-state index in [2.05, 4.69) is 0 Å². The molecular weight excluding hydrogens is 314 g/mol. The molecule has 0 fully saturated rings. The largest absolute Gasteiger partial charge is 0.357 e. The maximum Gasteiger partial charge on any atom is 0.299 e. The first-order valence-electron chi connectivity index (χ1n) is 7.04. The molecule has 0 aliphatic carbocycles. The van der Waals surface area contributed by atoms with Crippen LogP contribution in [-0.4, -0.2) is 17.0 Å². The van der Waals surface area contributed by atoms with Crippen molar-refractivity contribution in [2.24, 2.45) is 0 Å². The number of non-ortho nitro benzene ring substituents is 1. The van der Waals surface area contributed by atoms with Gasteiger partial charge in [-0.15, -0.1) is 0 Å². The standard InChI is InChI=1S/C16H13N3O5/c1-24-16-13-5-3-2-4-11(13)8-9-17(16)14-7-6-12(18(20)21)10-15(14)19(22)23/h2-10,16H,1H3/t16-/m1/s1. The zero-order valence-electron chi connectivity index (χ0n) is 12.7. The second-order valence-corrected chi connectivity index (χ2v) is 5.13. The molecule has 0 saturated carbocycles. The third-order valence-electron chi connectivity index (χ3n) is 3.80. The van der Waals surface area contributed by atoms with Gasteiger partial charge < -0.3 is 9.64 Å². The SMILES string of the molecule is CO[C@@H]1c2ccccc2C=CN1c1ccc([N+](=O)[O-])cc1[N+](=O)[O-]. The number of ether oxygens (including phenoxy) is 1. The number of nitrogens with zero attached hydrogens (tertiary/aromatic N) is 3. The summed E-state index contributed by atoms with van der Waals surface area (Å²) in [5, 5.41) is 22.2. The lowest BCUT2D eigenvalue weighted by molar-refractivity contribution is -0.393. The van der Waals surface area contributed by atoms with Crippen molar-refractivity contribution < 1.29 is 14.6 Å². The number of rotatable bonds is 4. The molecule has 0 bridgehead atoms. The molecule has 0 radical (unpaired) electrons. The van der Waals surface area contributed by atoms with Crippen molar-refractivity contribution in [3.8, 4) is 0 Å². The Balaban J connectivity index is 2.12. The van der Waals surface area contributed by atoms with Crippen LogP contribution in [0.3, 0.4) is 0 Å². The summed E-state index contributed by atoms with van der Waals surface area (Å²) in [6.45, 7) is 0. The van der Waals surface area contributed by atoms with E-state index in [-0.39, 0.29) is 17.1 Å². The summed E-state index contributed by atoms with van der Waals surface area (Å²) in [5.74, 6) is 0. The van der Waals surface area contributed by atoms with Gasteiger partial charge >= 0.3 is 0 Å². The molecule has 0 unspecified atom stereocenters. The topological polar surface area (TPSA) is 98.8 Å². The summed E-state index contributed by atoms with van der Waals surface area (Å²) in [6.07, 6.45) is 2.92. The van der Waals surface area contributed by atoms with E-state index < -0.39 is 16.1 Å². The normalized spacial score (nSPS) is 15.9. The van der Waals surface area contributed by atoms with Gasteiger partial charge in [0.05, 0.1) is 15.9 Å². The minimum atomic E-state index is -0.661. The maximum absolute atomic E-state index is 11.4. The second-order valence-electron chi connectivity index (χ2n) is 5.13. The Hall–Kier alpha value is -3.26. The van der Waals surface area contributed by atoms with Crippen LogP contribution < -0.4 is 4.90 Å². The predicted molar refractivity (Wildman–Crippen MR) is 87.5 cm³/mol. The van der Waals surface area contributed by atoms with Gasteiger partial charge in [-0.3, -0.25) is 20.2 Å². The van der Waals surface area contributed by atoms with Crippen molar-refractivity contribution in [1.82, 2.24) is 0 Å². The number of nitro benzene ring substituents is 2. The van der Waals surface area contributed by atoms with Gasteiger partial charge in [0, 0.05) is 24.9 Å². The van der Waals surface area contributed by atoms with Gasteiger partial charge in [0.2, 0.25) is 0 Å². The predicted octanol–water partition coefficient (Wildman–Crippen LogP) is 3.64. The Morgan fingerprint density at radius 3 is 2.50 bits per heavy atom. The number of anilines is 1. The van der Waals surface area contributed by atoms with Crippen LogP contribution in [0.1, 0.15) is 17.4 Å². The number of benzene rings is 2. The summed E-state index contributed by atoms with van der Waals surface area (Å²) in [7, 11) is 1.50. The number of fused-ring (bicyclic) bond motifs is 1. The van der Waals surface area contributed by atoms with Crippen LogP contribution in [0.25, 0.3) is 6.08 Å². The van der Waals surface area contributed by atoms with Crippen LogP contribution >= 0.6 is 0 Å². The quantitative estimate of drug-likeness (QED) is 0.628. The third-order valence-corrected chi connectivity index (χ3v) is 3.80. The molecule has 1 atom stereocenters. The molecule has 2 aromatic rings. The van der Waals surface area contributed by atoms with Crippen molar-refractivity contribution >= 4 is 23.1 Å². The Labute approximate surface area is 136 Å². The van der Waals surface area contributed by atoms with E-state index in [1.54, 1.807) is 11.1 Å². The number of methoxy groups -OCH3 is 1. The fourth-order valence-electron chi connectivity index (χ4n) is 2.71. The van der Waals surface area contributed by atoms with Crippen LogP contribution in [0, 0.1) is 20.2 Å². The Morgan fingerprint density at radius 2 is 1.83 bits per heavy atom. The van der Waals surface area contributed by atoms with Crippen molar-refractivity contribution in [3.63, 3.8) is 0 Å². The third kappa shape index (κ3) is 2.59. The van der Waals surface area contributed by atoms with Gasteiger partial charge in [-0.25, -0.2) is 0 Å². The van der Waals surface area contributed by atoms with Crippen molar-refractivity contribution in [3.05, 3.63) is 80.0 Å². The summed E-state index contributed by atoms with van der Waals surface area (Å²) < 4.78 is 5.52. The molecule has 3 rings (SSSR count). The monoisotopic (exact) mass is 327 g/mol. The maximum atomic E-state index is 11.4. The van der Waals surface area contributed by atoms with Crippen LogP contribution in [0.5, 0.6) is 0 Å². The summed E-state index contributed by atoms with van der Waals surface area (Å²) in [5.41, 5.74) is 1.35. The van der Waals surface area contributed by atoms with E-state index >= 15 is 0 Å². The Kier molecular flexibility index (Phi) is 3.97. The molecule has 0 amide bonds. The highest BCUT2D eigenvalue weighted by Gasteiger charge is 2.30. The van der Waals surface area contributed by atoms with Crippen molar-refractivity contribution in [2.75, 3.05) is 12.0 Å². The molecule has 1 aliphatic heterocycles. The van der Waals surface area contributed by atoms with Crippen molar-refractivity contribution in [2.45, 2.75) is 6.23 Å². The second kappa shape index (κ2) is 6.09. The fraction of sp³-hybridized carbons (Fsp3) is 0.125. The Morgan fingerprint density at radius 1 is 1.08 bits per heavy atom. The van der Waals surface area contributed by atoms with Gasteiger partial charge in [0.15, 0.2) is 6.23 Å². The van der Waals surface area contributed by atoms with Gasteiger partial charge in [-0.05, 0) is 17.7 Å². The zero-order valence-corrected chi connectivity index (χ0v) is 12.7. The lowest BCUT2D eigenvalue weighted by Gasteiger charge is -2.33. The van der Waals surface area contributed by atoms with E-state index in [0.717, 1.165) is 17.2 Å². The average molecular weight is 327 g/mol. The number of hydrogen-bond donors (Lipinski definition) is 0. The average Bonchev–Trinajstić information content (AvgIpc) is 2.60. The molecule has 8 heteroatoms. The lowest BCUT2D eigenvalue weighted by Crippen LogP contribution is -2.28. The first-order chi connectivity index (χ1) is 11.5. The van der Waals surface area contributed by atoms with E-state index in [4.69, 9.17) is 4.74 Å². The highest BCUT2D eigenvalue weighted by molar-refractivity contribution is 5.73. The first kappa shape index (κ1) is 15.6. The van der Waals surface area contributed by atoms with E-state index in [9.17, 15) is 20.2 Å². The van der Waals surface area contributed by atoms with E-state index in [1.165, 1.54) is 19.2 Å². The molecule has 0 aromatic heterocycles. The first-order valence-corrected chi connectivity index (χ1v) is 7.04. The summed E-state index contributed by atoms with van der Waals surface area (Å²) in [6, 6.07) is 11.1. The molecule has 0 N–H and O–H groups in total. The molecule has 1 aliphatic rings. The van der Waals surface area contributed by atoms with Gasteiger partial charge in [0.25, 0.3) is 11.4 Å². The molecule has 122 valence electrons. The molecule has 1 heterocycles. The molecular formula is C16H13N3O5. The van der Waals surface area contributed by atoms with E-state index in [0.29, 0.717) is 0 Å². The van der Waals surface area contributed by atoms with Crippen LogP contribution in [0.15, 0.2) is 48.7 Å². The minimum absolute atomic E-state index is 0.225. The molecule has 24 heavy (non-hydrogen) atoms. The fourth-order valence-corrected chi connectivity index (χ4v) is 2.71.